The summed E-state index contributed by atoms with van der Waals surface area (Å²) in [4.78, 5) is 26.8. The second-order valence-corrected chi connectivity index (χ2v) is 4.08. The van der Waals surface area contributed by atoms with Crippen molar-refractivity contribution in [3.8, 4) is 0 Å². The maximum absolute atomic E-state index is 12.0. The molecule has 2 aromatic rings. The van der Waals surface area contributed by atoms with E-state index in [-0.39, 0.29) is 24.7 Å². The summed E-state index contributed by atoms with van der Waals surface area (Å²) in [6.07, 6.45) is 0.101. The largest absolute Gasteiger partial charge is 0.384 e. The molecule has 0 radical (unpaired) electrons. The summed E-state index contributed by atoms with van der Waals surface area (Å²) < 4.78 is 0. The molecule has 6 heteroatoms. The van der Waals surface area contributed by atoms with Crippen molar-refractivity contribution in [3.63, 3.8) is 0 Å². The molecule has 2 amide bonds. The van der Waals surface area contributed by atoms with Gasteiger partial charge in [-0.25, -0.2) is 4.98 Å². The summed E-state index contributed by atoms with van der Waals surface area (Å²) in [5.74, 6) is -0.482. The van der Waals surface area contributed by atoms with E-state index in [1.165, 1.54) is 6.07 Å². The van der Waals surface area contributed by atoms with Crippen LogP contribution in [-0.4, -0.2) is 23.3 Å². The molecule has 0 saturated carbocycles. The minimum atomic E-state index is -0.459. The third-order valence-electron chi connectivity index (χ3n) is 2.64. The number of hydrogen-bond donors (Lipinski definition) is 3. The Morgan fingerprint density at radius 1 is 1.26 bits per heavy atom. The van der Waals surface area contributed by atoms with Crippen molar-refractivity contribution in [2.24, 2.45) is 5.73 Å². The minimum Gasteiger partial charge on any atom is -0.384 e. The number of benzene rings is 1. The van der Waals surface area contributed by atoms with Crippen molar-refractivity contribution in [1.29, 1.82) is 0 Å². The van der Waals surface area contributed by atoms with Gasteiger partial charge in [-0.15, -0.1) is 0 Å². The van der Waals surface area contributed by atoms with Gasteiger partial charge in [0.1, 0.15) is 5.82 Å². The van der Waals surface area contributed by atoms with Gasteiger partial charge < -0.3 is 16.8 Å². The van der Waals surface area contributed by atoms with Gasteiger partial charge in [-0.05, 0) is 12.1 Å². The van der Waals surface area contributed by atoms with Gasteiger partial charge in [-0.1, -0.05) is 18.2 Å². The molecule has 0 fully saturated rings. The lowest BCUT2D eigenvalue weighted by Gasteiger charge is -2.08. The fourth-order valence-electron chi connectivity index (χ4n) is 1.78. The topological polar surface area (TPSA) is 111 Å². The Morgan fingerprint density at radius 3 is 2.74 bits per heavy atom. The van der Waals surface area contributed by atoms with Gasteiger partial charge >= 0.3 is 0 Å². The smallest absolute Gasteiger partial charge is 0.252 e. The highest BCUT2D eigenvalue weighted by Crippen LogP contribution is 2.19. The Balaban J connectivity index is 2.28. The third-order valence-corrected chi connectivity index (χ3v) is 2.64. The minimum absolute atomic E-state index is 0.101. The van der Waals surface area contributed by atoms with Crippen LogP contribution in [0.2, 0.25) is 0 Å². The van der Waals surface area contributed by atoms with E-state index in [1.807, 2.05) is 12.1 Å². The zero-order valence-corrected chi connectivity index (χ0v) is 10.2. The summed E-state index contributed by atoms with van der Waals surface area (Å²) >= 11 is 0. The Labute approximate surface area is 109 Å². The third kappa shape index (κ3) is 2.98. The van der Waals surface area contributed by atoms with Crippen LogP contribution in [0.3, 0.4) is 0 Å². The number of para-hydroxylation sites is 1. The lowest BCUT2D eigenvalue weighted by atomic mass is 10.1. The number of hydrogen-bond acceptors (Lipinski definition) is 4. The molecule has 2 rings (SSSR count). The molecule has 5 N–H and O–H groups in total. The van der Waals surface area contributed by atoms with Crippen LogP contribution in [0, 0.1) is 0 Å². The predicted octanol–water partition coefficient (Wildman–Crippen LogP) is 0.422. The molecule has 1 heterocycles. The first kappa shape index (κ1) is 12.8. The maximum atomic E-state index is 12.0. The lowest BCUT2D eigenvalue weighted by molar-refractivity contribution is -0.117. The van der Waals surface area contributed by atoms with Gasteiger partial charge in [0, 0.05) is 18.4 Å². The average molecular weight is 258 g/mol. The summed E-state index contributed by atoms with van der Waals surface area (Å²) in [6.45, 7) is 0.199. The highest BCUT2D eigenvalue weighted by atomic mass is 16.2. The zero-order valence-electron chi connectivity index (χ0n) is 10.2. The summed E-state index contributed by atoms with van der Waals surface area (Å²) in [6, 6.07) is 8.74. The van der Waals surface area contributed by atoms with Crippen molar-refractivity contribution in [3.05, 3.63) is 35.9 Å². The van der Waals surface area contributed by atoms with E-state index in [9.17, 15) is 9.59 Å². The van der Waals surface area contributed by atoms with Gasteiger partial charge in [0.25, 0.3) is 5.91 Å². The molecule has 0 atom stereocenters. The molecule has 0 aliphatic heterocycles. The molecule has 19 heavy (non-hydrogen) atoms. The molecule has 0 bridgehead atoms. The normalized spacial score (nSPS) is 10.3. The van der Waals surface area contributed by atoms with Gasteiger partial charge in [0.05, 0.1) is 11.1 Å². The van der Waals surface area contributed by atoms with E-state index < -0.39 is 5.91 Å². The average Bonchev–Trinajstić information content (AvgIpc) is 2.37. The van der Waals surface area contributed by atoms with Gasteiger partial charge in [-0.3, -0.25) is 9.59 Å². The molecular weight excluding hydrogens is 244 g/mol. The Kier molecular flexibility index (Phi) is 3.61. The van der Waals surface area contributed by atoms with Crippen molar-refractivity contribution in [2.75, 3.05) is 12.3 Å². The second-order valence-electron chi connectivity index (χ2n) is 4.08. The number of aromatic nitrogens is 1. The molecule has 0 aliphatic carbocycles. The van der Waals surface area contributed by atoms with Crippen molar-refractivity contribution < 1.29 is 9.59 Å². The SMILES string of the molecule is NC(=O)CCNC(=O)c1cc(N)nc2ccccc12. The number of carbonyl (C=O) groups excluding carboxylic acids is 2. The number of nitrogens with zero attached hydrogens (tertiary/aromatic N) is 1. The van der Waals surface area contributed by atoms with E-state index >= 15 is 0 Å². The number of carbonyl (C=O) groups is 2. The molecular formula is C13H14N4O2. The maximum Gasteiger partial charge on any atom is 0.252 e. The number of nitrogen functional groups attached to an aromatic ring is 1. The number of nitrogens with two attached hydrogens (primary N) is 2. The molecule has 0 aliphatic rings. The van der Waals surface area contributed by atoms with Crippen LogP contribution in [0.25, 0.3) is 10.9 Å². The van der Waals surface area contributed by atoms with E-state index in [2.05, 4.69) is 10.3 Å². The fraction of sp³-hybridized carbons (Fsp3) is 0.154. The van der Waals surface area contributed by atoms with Gasteiger partial charge in [0.2, 0.25) is 5.91 Å². The zero-order chi connectivity index (χ0) is 13.8. The number of rotatable bonds is 4. The van der Waals surface area contributed by atoms with E-state index in [4.69, 9.17) is 11.5 Å². The fourth-order valence-corrected chi connectivity index (χ4v) is 1.78. The van der Waals surface area contributed by atoms with Crippen LogP contribution in [0.1, 0.15) is 16.8 Å². The Bertz CT molecular complexity index is 640. The standard InChI is InChI=1S/C13H14N4O2/c14-11-7-9(13(19)16-6-5-12(15)18)8-3-1-2-4-10(8)17-11/h1-4,7H,5-6H2,(H2,14,17)(H2,15,18)(H,16,19). The van der Waals surface area contributed by atoms with Crippen LogP contribution in [0.5, 0.6) is 0 Å². The molecule has 1 aromatic heterocycles. The van der Waals surface area contributed by atoms with Crippen molar-refractivity contribution in [1.82, 2.24) is 10.3 Å². The summed E-state index contributed by atoms with van der Waals surface area (Å²) in [7, 11) is 0. The number of amides is 2. The van der Waals surface area contributed by atoms with Crippen molar-refractivity contribution in [2.45, 2.75) is 6.42 Å². The lowest BCUT2D eigenvalue weighted by Crippen LogP contribution is -2.28. The van der Waals surface area contributed by atoms with Crippen LogP contribution >= 0.6 is 0 Å². The first-order valence-corrected chi connectivity index (χ1v) is 5.79. The molecule has 0 unspecified atom stereocenters. The highest BCUT2D eigenvalue weighted by Gasteiger charge is 2.11. The van der Waals surface area contributed by atoms with Gasteiger partial charge in [0.15, 0.2) is 0 Å². The van der Waals surface area contributed by atoms with Gasteiger partial charge in [-0.2, -0.15) is 0 Å². The van der Waals surface area contributed by atoms with Crippen LogP contribution in [0.4, 0.5) is 5.82 Å². The Morgan fingerprint density at radius 2 is 2.00 bits per heavy atom. The molecule has 98 valence electrons. The molecule has 1 aromatic carbocycles. The van der Waals surface area contributed by atoms with E-state index in [1.54, 1.807) is 12.1 Å². The summed E-state index contributed by atoms with van der Waals surface area (Å²) in [5, 5.41) is 3.34. The Hall–Kier alpha value is -2.63. The number of anilines is 1. The first-order valence-electron chi connectivity index (χ1n) is 5.79. The van der Waals surface area contributed by atoms with Crippen LogP contribution < -0.4 is 16.8 Å². The predicted molar refractivity (Wildman–Crippen MR) is 72.3 cm³/mol. The van der Waals surface area contributed by atoms with Crippen molar-refractivity contribution >= 4 is 28.5 Å². The monoisotopic (exact) mass is 258 g/mol. The first-order chi connectivity index (χ1) is 9.08. The van der Waals surface area contributed by atoms with E-state index in [0.717, 1.165) is 0 Å². The molecule has 0 saturated heterocycles. The number of nitrogens with one attached hydrogen (secondary N) is 1. The summed E-state index contributed by atoms with van der Waals surface area (Å²) in [5.41, 5.74) is 11.8. The molecule has 6 nitrogen and oxygen atoms in total. The second kappa shape index (κ2) is 5.34. The number of pyridine rings is 1. The number of primary amides is 1. The van der Waals surface area contributed by atoms with E-state index in [0.29, 0.717) is 16.5 Å². The quantitative estimate of drug-likeness (QED) is 0.738. The molecule has 0 spiro atoms. The van der Waals surface area contributed by atoms with Crippen LogP contribution in [-0.2, 0) is 4.79 Å². The number of fused-ring (bicyclic) bond motifs is 1. The van der Waals surface area contributed by atoms with Crippen LogP contribution in [0.15, 0.2) is 30.3 Å². The highest BCUT2D eigenvalue weighted by molar-refractivity contribution is 6.06.